The molecule has 1 aromatic carbocycles. The van der Waals surface area contributed by atoms with Crippen molar-refractivity contribution in [3.8, 4) is 11.4 Å². The maximum atomic E-state index is 12.3. The Bertz CT molecular complexity index is 878. The predicted octanol–water partition coefficient (Wildman–Crippen LogP) is 2.02. The molecule has 0 aliphatic heterocycles. The van der Waals surface area contributed by atoms with Crippen LogP contribution >= 0.6 is 0 Å². The molecule has 1 unspecified atom stereocenters. The quantitative estimate of drug-likeness (QED) is 0.741. The minimum atomic E-state index is -1.28. The monoisotopic (exact) mass is 340 g/mol. The van der Waals surface area contributed by atoms with Gasteiger partial charge in [-0.3, -0.25) is 9.48 Å². The molecular formula is C18H20N4O3. The van der Waals surface area contributed by atoms with Crippen molar-refractivity contribution in [1.29, 1.82) is 0 Å². The van der Waals surface area contributed by atoms with Crippen molar-refractivity contribution in [3.05, 3.63) is 59.8 Å². The molecule has 0 saturated heterocycles. The van der Waals surface area contributed by atoms with Crippen molar-refractivity contribution in [3.63, 3.8) is 0 Å². The molecule has 130 valence electrons. The third-order valence-electron chi connectivity index (χ3n) is 3.87. The lowest BCUT2D eigenvalue weighted by Crippen LogP contribution is -2.38. The lowest BCUT2D eigenvalue weighted by atomic mass is 10.0. The summed E-state index contributed by atoms with van der Waals surface area (Å²) < 4.78 is 7.06. The Morgan fingerprint density at radius 1 is 1.28 bits per heavy atom. The van der Waals surface area contributed by atoms with E-state index in [1.165, 1.54) is 0 Å². The summed E-state index contributed by atoms with van der Waals surface area (Å²) in [5, 5.41) is 17.4. The maximum Gasteiger partial charge on any atom is 0.251 e. The summed E-state index contributed by atoms with van der Waals surface area (Å²) in [4.78, 5) is 16.5. The van der Waals surface area contributed by atoms with E-state index in [-0.39, 0.29) is 12.5 Å². The van der Waals surface area contributed by atoms with E-state index in [9.17, 15) is 9.90 Å². The van der Waals surface area contributed by atoms with Crippen LogP contribution in [-0.4, -0.2) is 32.3 Å². The molecule has 0 bridgehead atoms. The lowest BCUT2D eigenvalue weighted by molar-refractivity contribution is 0.0323. The van der Waals surface area contributed by atoms with Gasteiger partial charge in [-0.25, -0.2) is 4.98 Å². The van der Waals surface area contributed by atoms with Gasteiger partial charge in [0.15, 0.2) is 5.82 Å². The number of carbonyl (C=O) groups excluding carboxylic acids is 1. The number of furan rings is 1. The first-order valence-corrected chi connectivity index (χ1v) is 7.89. The van der Waals surface area contributed by atoms with Gasteiger partial charge >= 0.3 is 0 Å². The average molecular weight is 340 g/mol. The van der Waals surface area contributed by atoms with Gasteiger partial charge < -0.3 is 14.8 Å². The second-order valence-corrected chi connectivity index (χ2v) is 6.19. The Labute approximate surface area is 145 Å². The molecule has 0 aliphatic carbocycles. The lowest BCUT2D eigenvalue weighted by Gasteiger charge is -2.21. The summed E-state index contributed by atoms with van der Waals surface area (Å²) in [6.07, 6.45) is 1.62. The molecule has 25 heavy (non-hydrogen) atoms. The van der Waals surface area contributed by atoms with E-state index in [2.05, 4.69) is 15.4 Å². The fourth-order valence-electron chi connectivity index (χ4n) is 2.41. The summed E-state index contributed by atoms with van der Waals surface area (Å²) in [5.74, 6) is 1.46. The van der Waals surface area contributed by atoms with Gasteiger partial charge in [-0.15, -0.1) is 0 Å². The number of aliphatic hydroxyl groups is 1. The fourth-order valence-corrected chi connectivity index (χ4v) is 2.41. The van der Waals surface area contributed by atoms with Crippen LogP contribution in [0.1, 0.15) is 28.8 Å². The Morgan fingerprint density at radius 2 is 2.00 bits per heavy atom. The number of nitrogens with one attached hydrogen (secondary N) is 1. The average Bonchev–Trinajstić information content (AvgIpc) is 3.22. The number of hydrogen-bond acceptors (Lipinski definition) is 5. The second kappa shape index (κ2) is 6.52. The minimum absolute atomic E-state index is 0.0440. The van der Waals surface area contributed by atoms with Crippen molar-refractivity contribution in [2.24, 2.45) is 7.05 Å². The van der Waals surface area contributed by atoms with Crippen molar-refractivity contribution in [2.75, 3.05) is 6.54 Å². The summed E-state index contributed by atoms with van der Waals surface area (Å²) in [7, 11) is 1.80. The largest absolute Gasteiger partial charge is 0.463 e. The Morgan fingerprint density at radius 3 is 2.56 bits per heavy atom. The van der Waals surface area contributed by atoms with Gasteiger partial charge in [0.05, 0.1) is 6.54 Å². The van der Waals surface area contributed by atoms with Crippen LogP contribution in [0.3, 0.4) is 0 Å². The fraction of sp³-hybridized carbons (Fsp3) is 0.278. The predicted molar refractivity (Wildman–Crippen MR) is 91.8 cm³/mol. The highest BCUT2D eigenvalue weighted by molar-refractivity contribution is 5.94. The van der Waals surface area contributed by atoms with Crippen LogP contribution in [0.25, 0.3) is 11.4 Å². The molecule has 1 amide bonds. The first kappa shape index (κ1) is 16.9. The van der Waals surface area contributed by atoms with Crippen LogP contribution < -0.4 is 5.32 Å². The van der Waals surface area contributed by atoms with Gasteiger partial charge in [-0.2, -0.15) is 5.10 Å². The van der Waals surface area contributed by atoms with Crippen LogP contribution in [0.4, 0.5) is 0 Å². The smallest absolute Gasteiger partial charge is 0.251 e. The van der Waals surface area contributed by atoms with E-state index in [1.54, 1.807) is 68.3 Å². The number of hydrogen-bond donors (Lipinski definition) is 2. The molecule has 0 radical (unpaired) electrons. The van der Waals surface area contributed by atoms with Gasteiger partial charge in [0.1, 0.15) is 23.4 Å². The number of rotatable bonds is 5. The molecule has 0 fully saturated rings. The maximum absolute atomic E-state index is 12.3. The van der Waals surface area contributed by atoms with Crippen molar-refractivity contribution in [2.45, 2.75) is 19.4 Å². The first-order chi connectivity index (χ1) is 11.8. The molecule has 2 N–H and O–H groups in total. The zero-order valence-corrected chi connectivity index (χ0v) is 14.4. The number of nitrogens with zero attached hydrogens (tertiary/aromatic N) is 3. The molecular weight excluding hydrogens is 320 g/mol. The van der Waals surface area contributed by atoms with E-state index in [1.807, 2.05) is 0 Å². The minimum Gasteiger partial charge on any atom is -0.463 e. The van der Waals surface area contributed by atoms with Crippen LogP contribution in [-0.2, 0) is 12.6 Å². The van der Waals surface area contributed by atoms with Gasteiger partial charge in [0, 0.05) is 18.2 Å². The van der Waals surface area contributed by atoms with Crippen molar-refractivity contribution < 1.29 is 14.3 Å². The van der Waals surface area contributed by atoms with Gasteiger partial charge in [-0.05, 0) is 38.1 Å². The van der Waals surface area contributed by atoms with Crippen LogP contribution in [0.2, 0.25) is 0 Å². The van der Waals surface area contributed by atoms with Crippen molar-refractivity contribution >= 4 is 5.91 Å². The van der Waals surface area contributed by atoms with Crippen LogP contribution in [0, 0.1) is 6.92 Å². The number of carbonyl (C=O) groups is 1. The molecule has 2 heterocycles. The van der Waals surface area contributed by atoms with Gasteiger partial charge in [0.25, 0.3) is 5.91 Å². The molecule has 7 nitrogen and oxygen atoms in total. The summed E-state index contributed by atoms with van der Waals surface area (Å²) in [6, 6.07) is 10.5. The zero-order valence-electron chi connectivity index (χ0n) is 14.4. The highest BCUT2D eigenvalue weighted by Gasteiger charge is 2.27. The molecule has 0 saturated carbocycles. The van der Waals surface area contributed by atoms with Gasteiger partial charge in [-0.1, -0.05) is 12.1 Å². The Balaban J connectivity index is 1.65. The van der Waals surface area contributed by atoms with Crippen LogP contribution in [0.15, 0.2) is 47.1 Å². The number of aryl methyl sites for hydroxylation is 2. The topological polar surface area (TPSA) is 93.2 Å². The second-order valence-electron chi connectivity index (χ2n) is 6.19. The van der Waals surface area contributed by atoms with Gasteiger partial charge in [0.2, 0.25) is 0 Å². The molecule has 3 aromatic rings. The molecule has 3 rings (SSSR count). The highest BCUT2D eigenvalue weighted by atomic mass is 16.4. The van der Waals surface area contributed by atoms with E-state index >= 15 is 0 Å². The highest BCUT2D eigenvalue weighted by Crippen LogP contribution is 2.22. The molecule has 2 aromatic heterocycles. The normalized spacial score (nSPS) is 13.4. The Kier molecular flexibility index (Phi) is 4.41. The molecule has 0 aliphatic rings. The number of amides is 1. The summed E-state index contributed by atoms with van der Waals surface area (Å²) >= 11 is 0. The zero-order chi connectivity index (χ0) is 18.0. The SMILES string of the molecule is Cc1ccc(C(C)(O)CNC(=O)c2ccc(-c3ncn(C)n3)cc2)o1. The first-order valence-electron chi connectivity index (χ1n) is 7.89. The van der Waals surface area contributed by atoms with Crippen LogP contribution in [0.5, 0.6) is 0 Å². The van der Waals surface area contributed by atoms with E-state index < -0.39 is 5.60 Å². The van der Waals surface area contributed by atoms with Crippen molar-refractivity contribution in [1.82, 2.24) is 20.1 Å². The molecule has 1 atom stereocenters. The van der Waals surface area contributed by atoms with E-state index in [0.717, 1.165) is 5.56 Å². The van der Waals surface area contributed by atoms with E-state index in [4.69, 9.17) is 4.42 Å². The summed E-state index contributed by atoms with van der Waals surface area (Å²) in [6.45, 7) is 3.44. The molecule has 0 spiro atoms. The molecule has 7 heteroatoms. The third-order valence-corrected chi connectivity index (χ3v) is 3.87. The summed E-state index contributed by atoms with van der Waals surface area (Å²) in [5.41, 5.74) is 0.0446. The number of aromatic nitrogens is 3. The third kappa shape index (κ3) is 3.77. The number of benzene rings is 1. The Hall–Kier alpha value is -2.93. The standard InChI is InChI=1S/C18H20N4O3/c1-12-4-9-15(25-12)18(2,24)10-19-17(23)14-7-5-13(6-8-14)16-20-11-22(3)21-16/h4-9,11,24H,10H2,1-3H3,(H,19,23). The van der Waals surface area contributed by atoms with E-state index in [0.29, 0.717) is 22.9 Å².